The summed E-state index contributed by atoms with van der Waals surface area (Å²) in [6, 6.07) is 7.58. The molecule has 1 aromatic heterocycles. The number of aliphatic hydroxyl groups is 1. The van der Waals surface area contributed by atoms with Gasteiger partial charge < -0.3 is 20.3 Å². The lowest BCUT2D eigenvalue weighted by Crippen LogP contribution is -2.40. The van der Waals surface area contributed by atoms with Crippen molar-refractivity contribution in [1.82, 2.24) is 9.88 Å². The molecule has 2 unspecified atom stereocenters. The molecule has 2 aromatic rings. The van der Waals surface area contributed by atoms with E-state index in [4.69, 9.17) is 5.11 Å². The molecule has 0 saturated carbocycles. The zero-order chi connectivity index (χ0) is 15.4. The maximum atomic E-state index is 12.0. The van der Waals surface area contributed by atoms with E-state index in [1.165, 1.54) is 0 Å². The number of carbonyl (C=O) groups is 1. The van der Waals surface area contributed by atoms with E-state index < -0.39 is 0 Å². The Morgan fingerprint density at radius 3 is 2.76 bits per heavy atom. The van der Waals surface area contributed by atoms with Gasteiger partial charge in [0.05, 0.1) is 5.52 Å². The minimum Gasteiger partial charge on any atom is -0.396 e. The fourth-order valence-corrected chi connectivity index (χ4v) is 2.21. The molecule has 2 atom stereocenters. The monoisotopic (exact) mass is 289 g/mol. The highest BCUT2D eigenvalue weighted by atomic mass is 16.3. The summed E-state index contributed by atoms with van der Waals surface area (Å²) in [5.41, 5.74) is 1.87. The molecule has 21 heavy (non-hydrogen) atoms. The number of nitrogens with one attached hydrogen (secondary N) is 2. The first kappa shape index (κ1) is 15.4. The summed E-state index contributed by atoms with van der Waals surface area (Å²) in [7, 11) is 0. The third kappa shape index (κ3) is 3.55. The van der Waals surface area contributed by atoms with Crippen LogP contribution in [0.25, 0.3) is 10.9 Å². The standard InChI is InChI=1S/C16H23N3O2/c1-4-19-8-7-13-5-6-14(9-15(13)19)18-16(21)17-12(3)11(2)10-20/h5-9,11-12,20H,4,10H2,1-3H3,(H2,17,18,21). The molecule has 0 aliphatic heterocycles. The Bertz CT molecular complexity index is 621. The molecule has 2 amide bonds. The molecule has 1 heterocycles. The molecule has 3 N–H and O–H groups in total. The molecule has 1 aromatic carbocycles. The Hall–Kier alpha value is -2.01. The summed E-state index contributed by atoms with van der Waals surface area (Å²) in [6.07, 6.45) is 2.04. The molecule has 0 aliphatic carbocycles. The summed E-state index contributed by atoms with van der Waals surface area (Å²) in [4.78, 5) is 12.0. The number of aliphatic hydroxyl groups excluding tert-OH is 1. The van der Waals surface area contributed by atoms with Crippen LogP contribution in [0.5, 0.6) is 0 Å². The Morgan fingerprint density at radius 1 is 1.33 bits per heavy atom. The van der Waals surface area contributed by atoms with Gasteiger partial charge in [-0.25, -0.2) is 4.79 Å². The first-order valence-electron chi connectivity index (χ1n) is 7.32. The van der Waals surface area contributed by atoms with Crippen LogP contribution in [0.4, 0.5) is 10.5 Å². The quantitative estimate of drug-likeness (QED) is 0.792. The average Bonchev–Trinajstić information content (AvgIpc) is 2.88. The van der Waals surface area contributed by atoms with Crippen molar-refractivity contribution in [3.63, 3.8) is 0 Å². The van der Waals surface area contributed by atoms with E-state index in [1.807, 2.05) is 38.2 Å². The number of benzene rings is 1. The second-order valence-corrected chi connectivity index (χ2v) is 5.42. The van der Waals surface area contributed by atoms with Gasteiger partial charge in [0.15, 0.2) is 0 Å². The van der Waals surface area contributed by atoms with Crippen LogP contribution in [0, 0.1) is 5.92 Å². The van der Waals surface area contributed by atoms with Gasteiger partial charge in [-0.2, -0.15) is 0 Å². The zero-order valence-electron chi connectivity index (χ0n) is 12.8. The average molecular weight is 289 g/mol. The largest absolute Gasteiger partial charge is 0.396 e. The maximum Gasteiger partial charge on any atom is 0.319 e. The molecule has 2 rings (SSSR count). The molecule has 0 fully saturated rings. The number of hydrogen-bond donors (Lipinski definition) is 3. The van der Waals surface area contributed by atoms with Crippen LogP contribution in [0.1, 0.15) is 20.8 Å². The van der Waals surface area contributed by atoms with E-state index in [9.17, 15) is 4.79 Å². The molecule has 0 saturated heterocycles. The van der Waals surface area contributed by atoms with Crippen molar-refractivity contribution < 1.29 is 9.90 Å². The fourth-order valence-electron chi connectivity index (χ4n) is 2.21. The number of hydrogen-bond acceptors (Lipinski definition) is 2. The van der Waals surface area contributed by atoms with Crippen molar-refractivity contribution >= 4 is 22.6 Å². The summed E-state index contributed by atoms with van der Waals surface area (Å²) in [5, 5.41) is 15.9. The minimum atomic E-state index is -0.253. The van der Waals surface area contributed by atoms with Gasteiger partial charge in [0.25, 0.3) is 0 Å². The maximum absolute atomic E-state index is 12.0. The fraction of sp³-hybridized carbons (Fsp3) is 0.438. The third-order valence-corrected chi connectivity index (χ3v) is 3.87. The van der Waals surface area contributed by atoms with E-state index >= 15 is 0 Å². The number of aromatic nitrogens is 1. The molecular formula is C16H23N3O2. The highest BCUT2D eigenvalue weighted by molar-refractivity contribution is 5.92. The van der Waals surface area contributed by atoms with Crippen LogP contribution in [0.3, 0.4) is 0 Å². The van der Waals surface area contributed by atoms with Crippen molar-refractivity contribution in [2.75, 3.05) is 11.9 Å². The highest BCUT2D eigenvalue weighted by Crippen LogP contribution is 2.20. The molecule has 114 valence electrons. The molecule has 5 nitrogen and oxygen atoms in total. The van der Waals surface area contributed by atoms with Crippen LogP contribution in [-0.2, 0) is 6.54 Å². The minimum absolute atomic E-state index is 0.0237. The number of rotatable bonds is 5. The normalized spacial score (nSPS) is 13.9. The Balaban J connectivity index is 2.07. The SMILES string of the molecule is CCn1ccc2ccc(NC(=O)NC(C)C(C)CO)cc21. The lowest BCUT2D eigenvalue weighted by Gasteiger charge is -2.19. The molecule has 0 radical (unpaired) electrons. The van der Waals surface area contributed by atoms with Crippen molar-refractivity contribution in [1.29, 1.82) is 0 Å². The molecule has 0 bridgehead atoms. The third-order valence-electron chi connectivity index (χ3n) is 3.87. The number of amides is 2. The Morgan fingerprint density at radius 2 is 2.10 bits per heavy atom. The first-order chi connectivity index (χ1) is 10.0. The van der Waals surface area contributed by atoms with E-state index in [2.05, 4.69) is 28.2 Å². The van der Waals surface area contributed by atoms with Crippen molar-refractivity contribution in [2.45, 2.75) is 33.4 Å². The lowest BCUT2D eigenvalue weighted by molar-refractivity contribution is 0.204. The smallest absolute Gasteiger partial charge is 0.319 e. The number of carbonyl (C=O) groups excluding carboxylic acids is 1. The zero-order valence-corrected chi connectivity index (χ0v) is 12.8. The first-order valence-corrected chi connectivity index (χ1v) is 7.32. The van der Waals surface area contributed by atoms with E-state index in [0.717, 1.165) is 23.1 Å². The van der Waals surface area contributed by atoms with Gasteiger partial charge >= 0.3 is 6.03 Å². The number of nitrogens with zero attached hydrogens (tertiary/aromatic N) is 1. The Labute approximate surface area is 125 Å². The summed E-state index contributed by atoms with van der Waals surface area (Å²) >= 11 is 0. The predicted octanol–water partition coefficient (Wildman–Crippen LogP) is 2.80. The number of aryl methyl sites for hydroxylation is 1. The topological polar surface area (TPSA) is 66.3 Å². The molecule has 0 spiro atoms. The van der Waals surface area contributed by atoms with E-state index in [-0.39, 0.29) is 24.6 Å². The number of urea groups is 1. The van der Waals surface area contributed by atoms with Crippen molar-refractivity contribution in [3.05, 3.63) is 30.5 Å². The van der Waals surface area contributed by atoms with Crippen LogP contribution in [-0.4, -0.2) is 28.4 Å². The van der Waals surface area contributed by atoms with Gasteiger partial charge in [-0.1, -0.05) is 13.0 Å². The second-order valence-electron chi connectivity index (χ2n) is 5.42. The van der Waals surface area contributed by atoms with Crippen LogP contribution >= 0.6 is 0 Å². The summed E-state index contributed by atoms with van der Waals surface area (Å²) in [6.45, 7) is 6.81. The van der Waals surface area contributed by atoms with Crippen molar-refractivity contribution in [2.24, 2.45) is 5.92 Å². The van der Waals surface area contributed by atoms with Gasteiger partial charge in [-0.05, 0) is 43.4 Å². The van der Waals surface area contributed by atoms with Crippen LogP contribution < -0.4 is 10.6 Å². The predicted molar refractivity (Wildman–Crippen MR) is 85.5 cm³/mol. The van der Waals surface area contributed by atoms with Gasteiger partial charge in [-0.3, -0.25) is 0 Å². The molecule has 5 heteroatoms. The highest BCUT2D eigenvalue weighted by Gasteiger charge is 2.14. The molecular weight excluding hydrogens is 266 g/mol. The number of fused-ring (bicyclic) bond motifs is 1. The van der Waals surface area contributed by atoms with E-state index in [1.54, 1.807) is 0 Å². The van der Waals surface area contributed by atoms with Crippen molar-refractivity contribution in [3.8, 4) is 0 Å². The molecule has 0 aliphatic rings. The van der Waals surface area contributed by atoms with Gasteiger partial charge in [-0.15, -0.1) is 0 Å². The summed E-state index contributed by atoms with van der Waals surface area (Å²) in [5.74, 6) is 0.0237. The number of anilines is 1. The van der Waals surface area contributed by atoms with Gasteiger partial charge in [0, 0.05) is 31.1 Å². The van der Waals surface area contributed by atoms with Crippen LogP contribution in [0.2, 0.25) is 0 Å². The van der Waals surface area contributed by atoms with Gasteiger partial charge in [0.2, 0.25) is 0 Å². The van der Waals surface area contributed by atoms with Crippen LogP contribution in [0.15, 0.2) is 30.5 Å². The van der Waals surface area contributed by atoms with Gasteiger partial charge in [0.1, 0.15) is 0 Å². The van der Waals surface area contributed by atoms with E-state index in [0.29, 0.717) is 0 Å². The Kier molecular flexibility index (Phi) is 4.85. The second kappa shape index (κ2) is 6.63. The lowest BCUT2D eigenvalue weighted by atomic mass is 10.1. The summed E-state index contributed by atoms with van der Waals surface area (Å²) < 4.78 is 2.13.